The molecule has 3 aromatic rings. The van der Waals surface area contributed by atoms with E-state index < -0.39 is 0 Å². The average Bonchev–Trinajstić information content (AvgIpc) is 3.10. The van der Waals surface area contributed by atoms with Gasteiger partial charge in [0.2, 0.25) is 6.41 Å². The van der Waals surface area contributed by atoms with Gasteiger partial charge >= 0.3 is 0 Å². The monoisotopic (exact) mass is 366 g/mol. The van der Waals surface area contributed by atoms with Crippen molar-refractivity contribution in [3.63, 3.8) is 0 Å². The SMILES string of the molecule is COc1ccc(CCN(C=O)c2c(-c3ccccc3)noc2C)cc1OC. The highest BCUT2D eigenvalue weighted by atomic mass is 16.5. The summed E-state index contributed by atoms with van der Waals surface area (Å²) in [6, 6.07) is 15.4. The van der Waals surface area contributed by atoms with E-state index >= 15 is 0 Å². The lowest BCUT2D eigenvalue weighted by atomic mass is 10.1. The maximum Gasteiger partial charge on any atom is 0.214 e. The van der Waals surface area contributed by atoms with E-state index in [2.05, 4.69) is 5.16 Å². The van der Waals surface area contributed by atoms with Crippen LogP contribution < -0.4 is 14.4 Å². The van der Waals surface area contributed by atoms with Crippen LogP contribution in [0.25, 0.3) is 11.3 Å². The predicted molar refractivity (Wildman–Crippen MR) is 103 cm³/mol. The highest BCUT2D eigenvalue weighted by Crippen LogP contribution is 2.33. The molecule has 6 nitrogen and oxygen atoms in total. The molecule has 0 saturated carbocycles. The first kappa shape index (κ1) is 18.5. The molecular formula is C21H22N2O4. The Kier molecular flexibility index (Phi) is 5.76. The number of anilines is 1. The number of benzene rings is 2. The fraction of sp³-hybridized carbons (Fsp3) is 0.238. The second-order valence-electron chi connectivity index (χ2n) is 6.04. The minimum Gasteiger partial charge on any atom is -0.493 e. The van der Waals surface area contributed by atoms with Crippen LogP contribution in [0, 0.1) is 6.92 Å². The predicted octanol–water partition coefficient (Wildman–Crippen LogP) is 3.87. The van der Waals surface area contributed by atoms with Crippen molar-refractivity contribution in [2.75, 3.05) is 25.7 Å². The molecule has 0 spiro atoms. The van der Waals surface area contributed by atoms with Crippen LogP contribution in [0.5, 0.6) is 11.5 Å². The van der Waals surface area contributed by atoms with Crippen LogP contribution in [0.3, 0.4) is 0 Å². The first-order chi connectivity index (χ1) is 13.2. The zero-order chi connectivity index (χ0) is 19.2. The third kappa shape index (κ3) is 3.95. The largest absolute Gasteiger partial charge is 0.493 e. The Balaban J connectivity index is 1.83. The van der Waals surface area contributed by atoms with E-state index in [9.17, 15) is 4.79 Å². The summed E-state index contributed by atoms with van der Waals surface area (Å²) in [4.78, 5) is 13.4. The molecule has 0 radical (unpaired) electrons. The van der Waals surface area contributed by atoms with Crippen molar-refractivity contribution in [3.8, 4) is 22.8 Å². The average molecular weight is 366 g/mol. The Labute approximate surface area is 158 Å². The van der Waals surface area contributed by atoms with Crippen molar-refractivity contribution in [2.24, 2.45) is 0 Å². The normalized spacial score (nSPS) is 10.5. The van der Waals surface area contributed by atoms with E-state index in [1.54, 1.807) is 19.1 Å². The van der Waals surface area contributed by atoms with Gasteiger partial charge in [0, 0.05) is 12.1 Å². The Morgan fingerprint density at radius 1 is 1.07 bits per heavy atom. The fourth-order valence-electron chi connectivity index (χ4n) is 2.99. The summed E-state index contributed by atoms with van der Waals surface area (Å²) < 4.78 is 16.0. The highest BCUT2D eigenvalue weighted by Gasteiger charge is 2.20. The molecule has 140 valence electrons. The molecule has 0 aliphatic heterocycles. The van der Waals surface area contributed by atoms with Crippen LogP contribution in [0.4, 0.5) is 5.69 Å². The minimum atomic E-state index is 0.487. The van der Waals surface area contributed by atoms with E-state index in [0.717, 1.165) is 17.5 Å². The third-order valence-corrected chi connectivity index (χ3v) is 4.38. The Morgan fingerprint density at radius 3 is 2.48 bits per heavy atom. The van der Waals surface area contributed by atoms with Gasteiger partial charge in [-0.15, -0.1) is 0 Å². The molecule has 0 atom stereocenters. The maximum atomic E-state index is 11.8. The molecule has 0 saturated heterocycles. The molecule has 0 bridgehead atoms. The Bertz CT molecular complexity index is 906. The van der Waals surface area contributed by atoms with Gasteiger partial charge in [-0.25, -0.2) is 0 Å². The smallest absolute Gasteiger partial charge is 0.214 e. The van der Waals surface area contributed by atoms with Gasteiger partial charge in [-0.2, -0.15) is 0 Å². The van der Waals surface area contributed by atoms with Crippen molar-refractivity contribution >= 4 is 12.1 Å². The van der Waals surface area contributed by atoms with Crippen LogP contribution in [0.2, 0.25) is 0 Å². The number of methoxy groups -OCH3 is 2. The zero-order valence-electron chi connectivity index (χ0n) is 15.6. The molecule has 27 heavy (non-hydrogen) atoms. The number of aryl methyl sites for hydroxylation is 1. The number of carbonyl (C=O) groups is 1. The van der Waals surface area contributed by atoms with Crippen molar-refractivity contribution < 1.29 is 18.8 Å². The molecule has 0 unspecified atom stereocenters. The first-order valence-corrected chi connectivity index (χ1v) is 8.62. The number of amides is 1. The third-order valence-electron chi connectivity index (χ3n) is 4.38. The molecule has 0 aliphatic rings. The molecule has 0 aliphatic carbocycles. The van der Waals surface area contributed by atoms with E-state index in [4.69, 9.17) is 14.0 Å². The molecular weight excluding hydrogens is 344 g/mol. The van der Waals surface area contributed by atoms with E-state index in [0.29, 0.717) is 41.6 Å². The molecule has 3 rings (SSSR count). The second-order valence-corrected chi connectivity index (χ2v) is 6.04. The van der Waals surface area contributed by atoms with Gasteiger partial charge < -0.3 is 18.9 Å². The van der Waals surface area contributed by atoms with Gasteiger partial charge in [0.1, 0.15) is 11.4 Å². The van der Waals surface area contributed by atoms with Crippen molar-refractivity contribution in [1.82, 2.24) is 5.16 Å². The summed E-state index contributed by atoms with van der Waals surface area (Å²) in [6.07, 6.45) is 1.46. The first-order valence-electron chi connectivity index (χ1n) is 8.62. The summed E-state index contributed by atoms with van der Waals surface area (Å²) in [5.74, 6) is 1.95. The minimum absolute atomic E-state index is 0.487. The molecule has 1 amide bonds. The molecule has 0 fully saturated rings. The van der Waals surface area contributed by atoms with Crippen molar-refractivity contribution in [3.05, 3.63) is 59.9 Å². The second kappa shape index (κ2) is 8.40. The highest BCUT2D eigenvalue weighted by molar-refractivity contribution is 5.86. The van der Waals surface area contributed by atoms with Gasteiger partial charge in [0.05, 0.1) is 14.2 Å². The number of carbonyl (C=O) groups excluding carboxylic acids is 1. The van der Waals surface area contributed by atoms with Gasteiger partial charge in [-0.3, -0.25) is 4.79 Å². The topological polar surface area (TPSA) is 64.8 Å². The van der Waals surface area contributed by atoms with Crippen LogP contribution in [-0.4, -0.2) is 32.3 Å². The van der Waals surface area contributed by atoms with Crippen molar-refractivity contribution in [2.45, 2.75) is 13.3 Å². The number of hydrogen-bond acceptors (Lipinski definition) is 5. The lowest BCUT2D eigenvalue weighted by molar-refractivity contribution is -0.107. The van der Waals surface area contributed by atoms with Crippen molar-refractivity contribution in [1.29, 1.82) is 0 Å². The van der Waals surface area contributed by atoms with Crippen LogP contribution >= 0.6 is 0 Å². The van der Waals surface area contributed by atoms with Crippen LogP contribution in [0.1, 0.15) is 11.3 Å². The van der Waals surface area contributed by atoms with E-state index in [1.807, 2.05) is 55.5 Å². The standard InChI is InChI=1S/C21H22N2O4/c1-15-21(20(22-27-15)17-7-5-4-6-8-17)23(14-24)12-11-16-9-10-18(25-2)19(13-16)26-3/h4-10,13-14H,11-12H2,1-3H3. The molecule has 0 N–H and O–H groups in total. The summed E-state index contributed by atoms with van der Waals surface area (Å²) in [6.45, 7) is 2.29. The molecule has 2 aromatic carbocycles. The number of ether oxygens (including phenoxy) is 2. The summed E-state index contributed by atoms with van der Waals surface area (Å²) >= 11 is 0. The van der Waals surface area contributed by atoms with Gasteiger partial charge in [-0.1, -0.05) is 41.6 Å². The maximum absolute atomic E-state index is 11.8. The lowest BCUT2D eigenvalue weighted by Crippen LogP contribution is -2.24. The van der Waals surface area contributed by atoms with Gasteiger partial charge in [0.25, 0.3) is 0 Å². The van der Waals surface area contributed by atoms with Crippen LogP contribution in [0.15, 0.2) is 53.1 Å². The molecule has 6 heteroatoms. The quantitative estimate of drug-likeness (QED) is 0.566. The number of nitrogens with zero attached hydrogens (tertiary/aromatic N) is 2. The summed E-state index contributed by atoms with van der Waals surface area (Å²) in [5, 5.41) is 4.15. The summed E-state index contributed by atoms with van der Waals surface area (Å²) in [5.41, 5.74) is 3.29. The van der Waals surface area contributed by atoms with E-state index in [-0.39, 0.29) is 0 Å². The zero-order valence-corrected chi connectivity index (χ0v) is 15.6. The number of rotatable bonds is 8. The summed E-state index contributed by atoms with van der Waals surface area (Å²) in [7, 11) is 3.21. The molecule has 1 heterocycles. The van der Waals surface area contributed by atoms with Gasteiger partial charge in [0.15, 0.2) is 17.3 Å². The Morgan fingerprint density at radius 2 is 1.81 bits per heavy atom. The fourth-order valence-corrected chi connectivity index (χ4v) is 2.99. The lowest BCUT2D eigenvalue weighted by Gasteiger charge is -2.18. The van der Waals surface area contributed by atoms with Crippen LogP contribution in [-0.2, 0) is 11.2 Å². The Hall–Kier alpha value is -3.28. The number of aromatic nitrogens is 1. The molecule has 1 aromatic heterocycles. The number of hydrogen-bond donors (Lipinski definition) is 0. The van der Waals surface area contributed by atoms with E-state index in [1.165, 1.54) is 0 Å². The van der Waals surface area contributed by atoms with Gasteiger partial charge in [-0.05, 0) is 31.0 Å².